The molecule has 5 N–H and O–H groups in total. The molecule has 41 heavy (non-hydrogen) atoms. The van der Waals surface area contributed by atoms with E-state index in [0.717, 1.165) is 75.0 Å². The van der Waals surface area contributed by atoms with Crippen molar-refractivity contribution in [1.82, 2.24) is 20.3 Å². The number of hydrogen-bond donors (Lipinski definition) is 4. The molecule has 224 valence electrons. The number of nitrogens with zero attached hydrogens (tertiary/aromatic N) is 2. The summed E-state index contributed by atoms with van der Waals surface area (Å²) >= 11 is 1.56. The maximum atomic E-state index is 13.7. The van der Waals surface area contributed by atoms with E-state index in [9.17, 15) is 9.59 Å². The van der Waals surface area contributed by atoms with Crippen molar-refractivity contribution in [2.24, 2.45) is 10.7 Å². The molecular formula is C32H48N6O2S. The molecule has 1 aliphatic rings. The number of carbonyl (C=O) groups is 2. The Kier molecular flexibility index (Phi) is 14.7. The molecular weight excluding hydrogens is 532 g/mol. The fourth-order valence-corrected chi connectivity index (χ4v) is 5.72. The number of carbonyl (C=O) groups excluding carboxylic acids is 2. The predicted molar refractivity (Wildman–Crippen MR) is 171 cm³/mol. The summed E-state index contributed by atoms with van der Waals surface area (Å²) in [5.74, 6) is 1.25. The van der Waals surface area contributed by atoms with E-state index in [1.165, 1.54) is 5.56 Å². The Labute approximate surface area is 250 Å². The quantitative estimate of drug-likeness (QED) is 0.0901. The number of amides is 2. The molecule has 2 amide bonds. The zero-order valence-corrected chi connectivity index (χ0v) is 25.6. The fourth-order valence-electron chi connectivity index (χ4n) is 4.86. The van der Waals surface area contributed by atoms with Crippen LogP contribution in [0.1, 0.15) is 75.5 Å². The first kappa shape index (κ1) is 32.6. The van der Waals surface area contributed by atoms with Crippen molar-refractivity contribution in [2.75, 3.05) is 26.2 Å². The summed E-state index contributed by atoms with van der Waals surface area (Å²) < 4.78 is 3.44. The van der Waals surface area contributed by atoms with Gasteiger partial charge in [-0.05, 0) is 56.3 Å². The summed E-state index contributed by atoms with van der Waals surface area (Å²) in [4.78, 5) is 33.2. The van der Waals surface area contributed by atoms with Gasteiger partial charge in [0.05, 0.1) is 6.04 Å². The molecule has 1 saturated heterocycles. The van der Waals surface area contributed by atoms with Crippen molar-refractivity contribution >= 4 is 29.6 Å². The van der Waals surface area contributed by atoms with Gasteiger partial charge in [-0.25, -0.2) is 0 Å². The molecule has 9 heteroatoms. The minimum absolute atomic E-state index is 0.0221. The largest absolute Gasteiger partial charge is 0.384 e. The van der Waals surface area contributed by atoms with Crippen LogP contribution >= 0.6 is 11.9 Å². The molecule has 0 radical (unpaired) electrons. The molecule has 0 bridgehead atoms. The zero-order valence-electron chi connectivity index (χ0n) is 24.7. The normalized spacial score (nSPS) is 16.1. The number of aliphatic imine (C=N–C) groups is 1. The summed E-state index contributed by atoms with van der Waals surface area (Å²) in [6.45, 7) is 7.87. The van der Waals surface area contributed by atoms with Crippen LogP contribution in [-0.2, 0) is 21.9 Å². The van der Waals surface area contributed by atoms with Crippen LogP contribution in [0, 0.1) is 0 Å². The van der Waals surface area contributed by atoms with E-state index in [1.807, 2.05) is 42.5 Å². The van der Waals surface area contributed by atoms with E-state index in [-0.39, 0.29) is 17.9 Å². The lowest BCUT2D eigenvalue weighted by molar-refractivity contribution is -0.139. The van der Waals surface area contributed by atoms with Crippen LogP contribution in [0.25, 0.3) is 0 Å². The summed E-state index contributed by atoms with van der Waals surface area (Å²) in [5.41, 5.74) is 9.18. The first-order valence-electron chi connectivity index (χ1n) is 15.1. The van der Waals surface area contributed by atoms with E-state index in [1.54, 1.807) is 16.8 Å². The van der Waals surface area contributed by atoms with Crippen LogP contribution in [0.4, 0.5) is 0 Å². The van der Waals surface area contributed by atoms with Gasteiger partial charge in [-0.15, -0.1) is 0 Å². The van der Waals surface area contributed by atoms with Crippen LogP contribution < -0.4 is 21.1 Å². The Bertz CT molecular complexity index is 1080. The van der Waals surface area contributed by atoms with E-state index in [2.05, 4.69) is 46.3 Å². The minimum Gasteiger partial charge on any atom is -0.384 e. The van der Waals surface area contributed by atoms with Crippen molar-refractivity contribution in [1.29, 1.82) is 0 Å². The second-order valence-corrected chi connectivity index (χ2v) is 11.3. The summed E-state index contributed by atoms with van der Waals surface area (Å²) in [7, 11) is 0. The van der Waals surface area contributed by atoms with Crippen molar-refractivity contribution in [3.05, 3.63) is 71.3 Å². The van der Waals surface area contributed by atoms with E-state index >= 15 is 0 Å². The number of amidine groups is 1. The minimum atomic E-state index is -0.437. The van der Waals surface area contributed by atoms with Crippen LogP contribution in [0.5, 0.6) is 0 Å². The second kappa shape index (κ2) is 18.5. The highest BCUT2D eigenvalue weighted by Gasteiger charge is 2.36. The Morgan fingerprint density at radius 1 is 1.05 bits per heavy atom. The van der Waals surface area contributed by atoms with Crippen LogP contribution in [0.2, 0.25) is 0 Å². The molecule has 2 aromatic carbocycles. The number of nitrogens with one attached hydrogen (secondary N) is 3. The highest BCUT2D eigenvalue weighted by atomic mass is 32.2. The number of hydrogen-bond acceptors (Lipinski definition) is 6. The maximum Gasteiger partial charge on any atom is 0.243 e. The number of likely N-dealkylation sites (tertiary alicyclic amines) is 1. The number of nitrogens with two attached hydrogens (primary N) is 1. The maximum absolute atomic E-state index is 13.7. The van der Waals surface area contributed by atoms with Gasteiger partial charge in [-0.2, -0.15) is 0 Å². The van der Waals surface area contributed by atoms with E-state index in [4.69, 9.17) is 5.73 Å². The third-order valence-corrected chi connectivity index (χ3v) is 8.23. The molecule has 1 aliphatic heterocycles. The van der Waals surface area contributed by atoms with E-state index < -0.39 is 6.04 Å². The molecule has 0 saturated carbocycles. The van der Waals surface area contributed by atoms with Crippen molar-refractivity contribution in [3.63, 3.8) is 0 Å². The van der Waals surface area contributed by atoms with Crippen LogP contribution in [0.3, 0.4) is 0 Å². The second-order valence-electron chi connectivity index (χ2n) is 10.5. The molecule has 0 aliphatic carbocycles. The first-order valence-corrected chi connectivity index (χ1v) is 16.1. The SMILES string of the molecule is CCCCN=C(N)c1ccc(CNC(=O)C2CCCN2C(=O)C(CCCCNCC)NSCc2ccccc2)cc1. The van der Waals surface area contributed by atoms with Gasteiger partial charge >= 0.3 is 0 Å². The predicted octanol–water partition coefficient (Wildman–Crippen LogP) is 4.39. The van der Waals surface area contributed by atoms with Gasteiger partial charge in [0.15, 0.2) is 0 Å². The summed E-state index contributed by atoms with van der Waals surface area (Å²) in [5, 5.41) is 6.41. The highest BCUT2D eigenvalue weighted by molar-refractivity contribution is 7.96. The summed E-state index contributed by atoms with van der Waals surface area (Å²) in [6, 6.07) is 17.3. The summed E-state index contributed by atoms with van der Waals surface area (Å²) in [6.07, 6.45) is 6.32. The third-order valence-electron chi connectivity index (χ3n) is 7.30. The lowest BCUT2D eigenvalue weighted by atomic mass is 10.1. The zero-order chi connectivity index (χ0) is 29.3. The first-order chi connectivity index (χ1) is 20.0. The van der Waals surface area contributed by atoms with Crippen molar-refractivity contribution in [2.45, 2.75) is 83.2 Å². The third kappa shape index (κ3) is 11.1. The highest BCUT2D eigenvalue weighted by Crippen LogP contribution is 2.21. The Hall–Kier alpha value is -2.88. The van der Waals surface area contributed by atoms with Crippen LogP contribution in [-0.4, -0.2) is 60.8 Å². The van der Waals surface area contributed by atoms with Gasteiger partial charge in [0.2, 0.25) is 11.8 Å². The topological polar surface area (TPSA) is 112 Å². The van der Waals surface area contributed by atoms with Gasteiger partial charge < -0.3 is 21.3 Å². The standard InChI is InChI=1S/C32H48N6O2S/c1-3-5-21-35-30(33)27-18-16-25(17-19-27)23-36-31(39)29-15-11-22-38(29)32(40)28(14-9-10-20-34-4-2)37-41-24-26-12-7-6-8-13-26/h6-8,12-13,16-19,28-29,34,37H,3-5,9-11,14-15,20-24H2,1-2H3,(H2,33,35)(H,36,39). The number of rotatable bonds is 18. The Morgan fingerprint density at radius 3 is 2.56 bits per heavy atom. The molecule has 0 spiro atoms. The molecule has 0 aromatic heterocycles. The molecule has 8 nitrogen and oxygen atoms in total. The van der Waals surface area contributed by atoms with Gasteiger partial charge in [0, 0.05) is 31.0 Å². The Balaban J connectivity index is 1.55. The fraction of sp³-hybridized carbons (Fsp3) is 0.531. The van der Waals surface area contributed by atoms with Gasteiger partial charge in [-0.3, -0.25) is 19.3 Å². The molecule has 1 fully saturated rings. The van der Waals surface area contributed by atoms with Crippen molar-refractivity contribution < 1.29 is 9.59 Å². The van der Waals surface area contributed by atoms with Gasteiger partial charge in [0.1, 0.15) is 11.9 Å². The Morgan fingerprint density at radius 2 is 1.83 bits per heavy atom. The average Bonchev–Trinajstić information content (AvgIpc) is 3.50. The van der Waals surface area contributed by atoms with Gasteiger partial charge in [-0.1, -0.05) is 93.2 Å². The molecule has 2 unspecified atom stereocenters. The smallest absolute Gasteiger partial charge is 0.243 e. The van der Waals surface area contributed by atoms with Gasteiger partial charge in [0.25, 0.3) is 0 Å². The molecule has 3 rings (SSSR count). The lowest BCUT2D eigenvalue weighted by Crippen LogP contribution is -2.51. The number of benzene rings is 2. The molecule has 2 aromatic rings. The van der Waals surface area contributed by atoms with Crippen LogP contribution in [0.15, 0.2) is 59.6 Å². The lowest BCUT2D eigenvalue weighted by Gasteiger charge is -2.28. The van der Waals surface area contributed by atoms with E-state index in [0.29, 0.717) is 25.3 Å². The average molecular weight is 581 g/mol. The monoisotopic (exact) mass is 580 g/mol. The number of unbranched alkanes of at least 4 members (excludes halogenated alkanes) is 2. The van der Waals surface area contributed by atoms with Crippen molar-refractivity contribution in [3.8, 4) is 0 Å². The molecule has 2 atom stereocenters. The molecule has 1 heterocycles.